The topological polar surface area (TPSA) is 38.0 Å². The van der Waals surface area contributed by atoms with E-state index in [0.29, 0.717) is 5.41 Å². The van der Waals surface area contributed by atoms with Gasteiger partial charge in [-0.2, -0.15) is 0 Å². The number of nitrogens with one attached hydrogen (secondary N) is 1. The van der Waals surface area contributed by atoms with Gasteiger partial charge in [0.1, 0.15) is 0 Å². The van der Waals surface area contributed by atoms with Crippen molar-refractivity contribution < 1.29 is 0 Å². The molecule has 0 saturated carbocycles. The Kier molecular flexibility index (Phi) is 4.02. The lowest BCUT2D eigenvalue weighted by atomic mass is 9.79. The van der Waals surface area contributed by atoms with E-state index in [2.05, 4.69) is 12.2 Å². The Balaban J connectivity index is 2.35. The first-order valence-electron chi connectivity index (χ1n) is 5.24. The summed E-state index contributed by atoms with van der Waals surface area (Å²) in [6.45, 7) is 5.51. The van der Waals surface area contributed by atoms with Crippen LogP contribution in [0.25, 0.3) is 0 Å². The van der Waals surface area contributed by atoms with Gasteiger partial charge in [-0.05, 0) is 37.8 Å². The minimum atomic E-state index is 0.560. The minimum Gasteiger partial charge on any atom is -0.330 e. The lowest BCUT2D eigenvalue weighted by Crippen LogP contribution is -2.27. The van der Waals surface area contributed by atoms with Gasteiger partial charge in [0.25, 0.3) is 0 Å². The highest BCUT2D eigenvalue weighted by molar-refractivity contribution is 4.87. The van der Waals surface area contributed by atoms with E-state index in [-0.39, 0.29) is 0 Å². The Bertz CT molecular complexity index is 117. The van der Waals surface area contributed by atoms with E-state index in [1.807, 2.05) is 0 Å². The van der Waals surface area contributed by atoms with Crippen LogP contribution in [0.2, 0.25) is 0 Å². The summed E-state index contributed by atoms with van der Waals surface area (Å²) in [5.41, 5.74) is 6.20. The molecule has 72 valence electrons. The molecule has 0 radical (unpaired) electrons. The fourth-order valence-corrected chi connectivity index (χ4v) is 2.21. The van der Waals surface area contributed by atoms with E-state index < -0.39 is 0 Å². The quantitative estimate of drug-likeness (QED) is 0.656. The first-order chi connectivity index (χ1) is 5.83. The molecular formula is C10H22N2. The molecule has 2 nitrogen and oxygen atoms in total. The second-order valence-electron chi connectivity index (χ2n) is 4.07. The second kappa shape index (κ2) is 4.83. The number of unbranched alkanes of at least 4 members (excludes halogenated alkanes) is 1. The van der Waals surface area contributed by atoms with Gasteiger partial charge in [-0.25, -0.2) is 0 Å². The SMILES string of the molecule is CCCCC1(CCN)CCNC1. The lowest BCUT2D eigenvalue weighted by Gasteiger charge is -2.27. The highest BCUT2D eigenvalue weighted by Crippen LogP contribution is 2.34. The molecule has 1 atom stereocenters. The minimum absolute atomic E-state index is 0.560. The fourth-order valence-electron chi connectivity index (χ4n) is 2.21. The van der Waals surface area contributed by atoms with Crippen molar-refractivity contribution in [3.8, 4) is 0 Å². The van der Waals surface area contributed by atoms with E-state index >= 15 is 0 Å². The van der Waals surface area contributed by atoms with Crippen LogP contribution < -0.4 is 11.1 Å². The number of rotatable bonds is 5. The zero-order valence-corrected chi connectivity index (χ0v) is 8.23. The third-order valence-corrected chi connectivity index (χ3v) is 3.07. The average molecular weight is 170 g/mol. The standard InChI is InChI=1S/C10H22N2/c1-2-3-4-10(5-7-11)6-8-12-9-10/h12H,2-9,11H2,1H3. The fraction of sp³-hybridized carbons (Fsp3) is 1.00. The average Bonchev–Trinajstić information content (AvgIpc) is 2.51. The molecule has 0 amide bonds. The molecule has 1 saturated heterocycles. The Morgan fingerprint density at radius 3 is 2.75 bits per heavy atom. The molecule has 0 aromatic carbocycles. The third kappa shape index (κ3) is 2.46. The molecule has 0 bridgehead atoms. The summed E-state index contributed by atoms with van der Waals surface area (Å²) in [6.07, 6.45) is 6.59. The van der Waals surface area contributed by atoms with Crippen molar-refractivity contribution in [2.45, 2.75) is 39.0 Å². The van der Waals surface area contributed by atoms with Gasteiger partial charge in [-0.1, -0.05) is 19.8 Å². The van der Waals surface area contributed by atoms with E-state index in [1.165, 1.54) is 45.2 Å². The van der Waals surface area contributed by atoms with Crippen LogP contribution in [0, 0.1) is 5.41 Å². The molecule has 1 unspecified atom stereocenters. The summed E-state index contributed by atoms with van der Waals surface area (Å²) in [7, 11) is 0. The third-order valence-electron chi connectivity index (χ3n) is 3.07. The number of hydrogen-bond donors (Lipinski definition) is 2. The molecule has 0 aromatic rings. The summed E-state index contributed by atoms with van der Waals surface area (Å²) in [4.78, 5) is 0. The van der Waals surface area contributed by atoms with Crippen molar-refractivity contribution in [1.82, 2.24) is 5.32 Å². The maximum absolute atomic E-state index is 5.64. The summed E-state index contributed by atoms with van der Waals surface area (Å²) in [6, 6.07) is 0. The van der Waals surface area contributed by atoms with Crippen LogP contribution in [0.5, 0.6) is 0 Å². The second-order valence-corrected chi connectivity index (χ2v) is 4.07. The van der Waals surface area contributed by atoms with Crippen molar-refractivity contribution in [3.63, 3.8) is 0 Å². The van der Waals surface area contributed by atoms with Crippen LogP contribution >= 0.6 is 0 Å². The van der Waals surface area contributed by atoms with E-state index in [0.717, 1.165) is 6.54 Å². The maximum atomic E-state index is 5.64. The van der Waals surface area contributed by atoms with Crippen LogP contribution in [0.4, 0.5) is 0 Å². The smallest absolute Gasteiger partial charge is 0.000876 e. The van der Waals surface area contributed by atoms with Gasteiger partial charge in [-0.15, -0.1) is 0 Å². The summed E-state index contributed by atoms with van der Waals surface area (Å²) in [5.74, 6) is 0. The first kappa shape index (κ1) is 10.0. The number of hydrogen-bond acceptors (Lipinski definition) is 2. The van der Waals surface area contributed by atoms with Crippen LogP contribution in [-0.4, -0.2) is 19.6 Å². The van der Waals surface area contributed by atoms with Crippen LogP contribution in [-0.2, 0) is 0 Å². The Morgan fingerprint density at radius 2 is 2.25 bits per heavy atom. The molecule has 0 aromatic heterocycles. The van der Waals surface area contributed by atoms with Gasteiger partial charge in [0.15, 0.2) is 0 Å². The van der Waals surface area contributed by atoms with Crippen molar-refractivity contribution >= 4 is 0 Å². The molecular weight excluding hydrogens is 148 g/mol. The van der Waals surface area contributed by atoms with Crippen molar-refractivity contribution in [2.75, 3.05) is 19.6 Å². The van der Waals surface area contributed by atoms with Gasteiger partial charge in [0, 0.05) is 6.54 Å². The van der Waals surface area contributed by atoms with Crippen molar-refractivity contribution in [1.29, 1.82) is 0 Å². The molecule has 2 heteroatoms. The van der Waals surface area contributed by atoms with Crippen molar-refractivity contribution in [2.24, 2.45) is 11.1 Å². The first-order valence-corrected chi connectivity index (χ1v) is 5.24. The molecule has 0 aliphatic carbocycles. The van der Waals surface area contributed by atoms with E-state index in [9.17, 15) is 0 Å². The predicted octanol–water partition coefficient (Wildman–Crippen LogP) is 1.51. The van der Waals surface area contributed by atoms with Gasteiger partial charge in [0.05, 0.1) is 0 Å². The zero-order valence-electron chi connectivity index (χ0n) is 8.23. The van der Waals surface area contributed by atoms with Crippen LogP contribution in [0.1, 0.15) is 39.0 Å². The van der Waals surface area contributed by atoms with Crippen molar-refractivity contribution in [3.05, 3.63) is 0 Å². The number of nitrogens with two attached hydrogens (primary N) is 1. The molecule has 0 spiro atoms. The lowest BCUT2D eigenvalue weighted by molar-refractivity contribution is 0.268. The summed E-state index contributed by atoms with van der Waals surface area (Å²) < 4.78 is 0. The molecule has 1 fully saturated rings. The van der Waals surface area contributed by atoms with Gasteiger partial charge >= 0.3 is 0 Å². The Morgan fingerprint density at radius 1 is 1.42 bits per heavy atom. The Labute approximate surface area is 75.9 Å². The largest absolute Gasteiger partial charge is 0.330 e. The van der Waals surface area contributed by atoms with Gasteiger partial charge in [0.2, 0.25) is 0 Å². The molecule has 1 heterocycles. The van der Waals surface area contributed by atoms with Crippen LogP contribution in [0.3, 0.4) is 0 Å². The summed E-state index contributed by atoms with van der Waals surface area (Å²) in [5, 5.41) is 3.45. The van der Waals surface area contributed by atoms with E-state index in [4.69, 9.17) is 5.73 Å². The monoisotopic (exact) mass is 170 g/mol. The highest BCUT2D eigenvalue weighted by atomic mass is 14.9. The predicted molar refractivity (Wildman–Crippen MR) is 53.1 cm³/mol. The van der Waals surface area contributed by atoms with Crippen LogP contribution in [0.15, 0.2) is 0 Å². The molecule has 12 heavy (non-hydrogen) atoms. The maximum Gasteiger partial charge on any atom is 0.000876 e. The molecule has 1 rings (SSSR count). The van der Waals surface area contributed by atoms with Gasteiger partial charge < -0.3 is 11.1 Å². The normalized spacial score (nSPS) is 29.5. The molecule has 3 N–H and O–H groups in total. The Hall–Kier alpha value is -0.0800. The zero-order chi connectivity index (χ0) is 8.86. The summed E-state index contributed by atoms with van der Waals surface area (Å²) >= 11 is 0. The highest BCUT2D eigenvalue weighted by Gasteiger charge is 2.31. The molecule has 1 aliphatic rings. The van der Waals surface area contributed by atoms with Gasteiger partial charge in [-0.3, -0.25) is 0 Å². The molecule has 1 aliphatic heterocycles. The van der Waals surface area contributed by atoms with E-state index in [1.54, 1.807) is 0 Å².